The number of aliphatic hydroxyl groups is 11. The van der Waals surface area contributed by atoms with Gasteiger partial charge in [-0.3, -0.25) is 4.79 Å². The van der Waals surface area contributed by atoms with E-state index in [0.717, 1.165) is 83.5 Å². The molecule has 3 rings (SSSR count). The monoisotopic (exact) mass is 1530 g/mol. The van der Waals surface area contributed by atoms with E-state index < -0.39 is 124 Å². The van der Waals surface area contributed by atoms with E-state index in [1.807, 2.05) is 0 Å². The van der Waals surface area contributed by atoms with Gasteiger partial charge in [0.25, 0.3) is 0 Å². The van der Waals surface area contributed by atoms with Crippen LogP contribution in [0.15, 0.2) is 72.9 Å². The summed E-state index contributed by atoms with van der Waals surface area (Å²) in [6, 6.07) is -0.890. The summed E-state index contributed by atoms with van der Waals surface area (Å²) in [5.74, 6) is -0.237. The first-order valence-corrected chi connectivity index (χ1v) is 44.2. The third-order valence-electron chi connectivity index (χ3n) is 21.8. The average molecular weight is 1530 g/mol. The van der Waals surface area contributed by atoms with Crippen LogP contribution in [0.2, 0.25) is 0 Å². The van der Waals surface area contributed by atoms with Crippen LogP contribution in [0.5, 0.6) is 0 Å². The number of carbonyl (C=O) groups is 1. The zero-order valence-corrected chi connectivity index (χ0v) is 67.8. The topological polar surface area (TPSA) is 307 Å². The van der Waals surface area contributed by atoms with E-state index in [9.17, 15) is 61.0 Å². The van der Waals surface area contributed by atoms with Crippen LogP contribution in [0.4, 0.5) is 0 Å². The minimum absolute atomic E-state index is 0.237. The van der Waals surface area contributed by atoms with Crippen molar-refractivity contribution in [3.63, 3.8) is 0 Å². The van der Waals surface area contributed by atoms with Gasteiger partial charge in [-0.1, -0.05) is 356 Å². The molecule has 0 aromatic carbocycles. The number of ether oxygens (including phenoxy) is 6. The molecule has 0 aliphatic carbocycles. The summed E-state index contributed by atoms with van der Waals surface area (Å²) in [4.78, 5) is 13.5. The van der Waals surface area contributed by atoms with E-state index in [1.54, 1.807) is 0 Å². The number of nitrogens with one attached hydrogen (secondary N) is 1. The van der Waals surface area contributed by atoms with Gasteiger partial charge in [-0.2, -0.15) is 0 Å². The fourth-order valence-electron chi connectivity index (χ4n) is 14.8. The summed E-state index contributed by atoms with van der Waals surface area (Å²) in [6.07, 6.45) is 64.3. The normalized spacial score (nSPS) is 25.7. The van der Waals surface area contributed by atoms with Gasteiger partial charge in [-0.05, 0) is 64.2 Å². The second-order valence-electron chi connectivity index (χ2n) is 31.3. The van der Waals surface area contributed by atoms with E-state index in [-0.39, 0.29) is 18.9 Å². The molecule has 0 spiro atoms. The van der Waals surface area contributed by atoms with Crippen LogP contribution in [0.1, 0.15) is 354 Å². The highest BCUT2D eigenvalue weighted by molar-refractivity contribution is 5.76. The number of allylic oxidation sites excluding steroid dienone is 12. The van der Waals surface area contributed by atoms with E-state index in [4.69, 9.17) is 28.4 Å². The second kappa shape index (κ2) is 68.6. The highest BCUT2D eigenvalue weighted by Gasteiger charge is 2.54. The van der Waals surface area contributed by atoms with E-state index in [2.05, 4.69) is 92.1 Å². The third-order valence-corrected chi connectivity index (χ3v) is 21.8. The molecule has 3 aliphatic rings. The summed E-state index contributed by atoms with van der Waals surface area (Å²) in [7, 11) is 0. The molecule has 3 fully saturated rings. The van der Waals surface area contributed by atoms with Crippen LogP contribution >= 0.6 is 0 Å². The van der Waals surface area contributed by atoms with Gasteiger partial charge in [0, 0.05) is 6.42 Å². The molecule has 19 nitrogen and oxygen atoms in total. The highest BCUT2D eigenvalue weighted by atomic mass is 16.8. The van der Waals surface area contributed by atoms with Crippen LogP contribution in [-0.2, 0) is 33.2 Å². The zero-order chi connectivity index (χ0) is 78.1. The lowest BCUT2D eigenvalue weighted by molar-refractivity contribution is -0.379. The molecule has 19 heteroatoms. The minimum atomic E-state index is -1.97. The molecule has 17 atom stereocenters. The van der Waals surface area contributed by atoms with Gasteiger partial charge < -0.3 is 89.9 Å². The predicted octanol–water partition coefficient (Wildman–Crippen LogP) is 16.3. The largest absolute Gasteiger partial charge is 0.394 e. The number of hydrogen-bond donors (Lipinski definition) is 12. The van der Waals surface area contributed by atoms with Crippen LogP contribution in [0.25, 0.3) is 0 Å². The Morgan fingerprint density at radius 3 is 1.00 bits per heavy atom. The van der Waals surface area contributed by atoms with Crippen molar-refractivity contribution < 1.29 is 89.4 Å². The predicted molar refractivity (Wildman–Crippen MR) is 434 cm³/mol. The summed E-state index contributed by atoms with van der Waals surface area (Å²) < 4.78 is 34.6. The zero-order valence-electron chi connectivity index (χ0n) is 67.8. The van der Waals surface area contributed by atoms with Gasteiger partial charge in [0.15, 0.2) is 18.9 Å². The molecule has 0 bridgehead atoms. The van der Waals surface area contributed by atoms with Gasteiger partial charge in [-0.25, -0.2) is 0 Å². The van der Waals surface area contributed by atoms with Crippen molar-refractivity contribution in [1.29, 1.82) is 0 Å². The molecule has 108 heavy (non-hydrogen) atoms. The van der Waals surface area contributed by atoms with Crippen LogP contribution < -0.4 is 5.32 Å². The first-order valence-electron chi connectivity index (χ1n) is 44.2. The molecule has 0 radical (unpaired) electrons. The molecule has 0 saturated carbocycles. The van der Waals surface area contributed by atoms with Crippen molar-refractivity contribution >= 4 is 5.91 Å². The average Bonchev–Trinajstić information content (AvgIpc) is 0.775. The smallest absolute Gasteiger partial charge is 0.220 e. The first-order chi connectivity index (χ1) is 52.8. The Hall–Kier alpha value is -2.77. The van der Waals surface area contributed by atoms with Gasteiger partial charge >= 0.3 is 0 Å². The van der Waals surface area contributed by atoms with E-state index >= 15 is 0 Å². The van der Waals surface area contributed by atoms with Crippen molar-refractivity contribution in [1.82, 2.24) is 5.32 Å². The molecule has 0 aromatic rings. The molecule has 17 unspecified atom stereocenters. The Balaban J connectivity index is 1.31. The SMILES string of the molecule is CC/C=C\C/C=C\C/C=C\C/C=C\C/C=C\C/C=C\CCCCCCCCCCCCCCCCCCCCCCC(=O)NC(COC1OC(CO)C(OC2OC(CO)C(OC3OC(CO)C(O)C(O)C3O)C(O)C2O)C(O)C1O)C(O)CCCCCCCCCCCCCCCCCCCCCCCCCC. The molecule has 1 amide bonds. The van der Waals surface area contributed by atoms with Crippen molar-refractivity contribution in [3.05, 3.63) is 72.9 Å². The number of hydrogen-bond acceptors (Lipinski definition) is 18. The number of amides is 1. The molecule has 3 heterocycles. The van der Waals surface area contributed by atoms with Crippen molar-refractivity contribution in [3.8, 4) is 0 Å². The summed E-state index contributed by atoms with van der Waals surface area (Å²) in [5.41, 5.74) is 0. The Morgan fingerprint density at radius 2 is 0.639 bits per heavy atom. The summed E-state index contributed by atoms with van der Waals surface area (Å²) in [6.45, 7) is 1.74. The number of aliphatic hydroxyl groups excluding tert-OH is 11. The number of carbonyl (C=O) groups excluding carboxylic acids is 1. The summed E-state index contributed by atoms with van der Waals surface area (Å²) >= 11 is 0. The summed E-state index contributed by atoms with van der Waals surface area (Å²) in [5, 5.41) is 121. The lowest BCUT2D eigenvalue weighted by atomic mass is 9.96. The first kappa shape index (κ1) is 99.4. The lowest BCUT2D eigenvalue weighted by Crippen LogP contribution is -2.66. The fourth-order valence-corrected chi connectivity index (χ4v) is 14.8. The van der Waals surface area contributed by atoms with Crippen molar-refractivity contribution in [2.45, 2.75) is 458 Å². The van der Waals surface area contributed by atoms with Crippen LogP contribution in [-0.4, -0.2) is 193 Å². The second-order valence-corrected chi connectivity index (χ2v) is 31.3. The van der Waals surface area contributed by atoms with Crippen molar-refractivity contribution in [2.75, 3.05) is 26.4 Å². The fraction of sp³-hybridized carbons (Fsp3) is 0.854. The van der Waals surface area contributed by atoms with Gasteiger partial charge in [0.05, 0.1) is 38.6 Å². The standard InChI is InChI=1S/C89H161NO18/c1-3-5-7-9-11-13-15-17-19-21-23-25-27-29-30-31-32-33-34-35-36-37-38-39-40-41-42-43-45-47-49-51-53-55-57-59-61-63-65-67-77(95)90-72(73(94)66-64-62-60-58-56-54-52-50-48-46-44-28-26-24-22-20-18-16-14-12-10-8-6-4-2)71-103-87-83(101)80(98)85(75(69-92)105-87)108-89-84(102)81(99)86(76(70-93)106-89)107-88-82(100)79(97)78(96)74(68-91)104-88/h5,7,11,13,17,19,23,25,29-30,32-33,72-76,78-89,91-94,96-102H,3-4,6,8-10,12,14-16,18,20-22,24,26-28,31,34-71H2,1-2H3,(H,90,95)/b7-5-,13-11-,19-17-,25-23-,30-29-,33-32-. The van der Waals surface area contributed by atoms with E-state index in [0.29, 0.717) is 12.8 Å². The van der Waals surface area contributed by atoms with Gasteiger partial charge in [0.1, 0.15) is 73.2 Å². The third kappa shape index (κ3) is 47.2. The molecular formula is C89H161NO18. The maximum absolute atomic E-state index is 13.5. The molecule has 630 valence electrons. The van der Waals surface area contributed by atoms with Gasteiger partial charge in [-0.15, -0.1) is 0 Å². The molecular weight excluding hydrogens is 1370 g/mol. The molecule has 3 saturated heterocycles. The van der Waals surface area contributed by atoms with E-state index in [1.165, 1.54) is 238 Å². The van der Waals surface area contributed by atoms with Crippen molar-refractivity contribution in [2.24, 2.45) is 0 Å². The Kier molecular flexibility index (Phi) is 63.2. The highest BCUT2D eigenvalue weighted by Crippen LogP contribution is 2.34. The maximum Gasteiger partial charge on any atom is 0.220 e. The van der Waals surface area contributed by atoms with Gasteiger partial charge in [0.2, 0.25) is 5.91 Å². The number of rotatable bonds is 71. The van der Waals surface area contributed by atoms with Crippen LogP contribution in [0.3, 0.4) is 0 Å². The molecule has 12 N–H and O–H groups in total. The lowest BCUT2D eigenvalue weighted by Gasteiger charge is -2.48. The Morgan fingerprint density at radius 1 is 0.343 bits per heavy atom. The molecule has 0 aromatic heterocycles. The minimum Gasteiger partial charge on any atom is -0.394 e. The molecule has 3 aliphatic heterocycles. The Bertz CT molecular complexity index is 2230. The number of unbranched alkanes of at least 4 members (excludes halogenated alkanes) is 43. The maximum atomic E-state index is 13.5. The Labute approximate surface area is 655 Å². The van der Waals surface area contributed by atoms with Crippen LogP contribution in [0, 0.1) is 0 Å². The quantitative estimate of drug-likeness (QED) is 0.0199.